The third-order valence-electron chi connectivity index (χ3n) is 6.03. The molecule has 3 N–H and O–H groups in total. The number of benzene rings is 3. The lowest BCUT2D eigenvalue weighted by Gasteiger charge is -2.36. The molecule has 3 aromatic carbocycles. The second-order valence-corrected chi connectivity index (χ2v) is 9.99. The molecule has 3 atom stereocenters. The van der Waals surface area contributed by atoms with Crippen molar-refractivity contribution in [3.63, 3.8) is 0 Å². The van der Waals surface area contributed by atoms with Gasteiger partial charge in [0.05, 0.1) is 18.8 Å². The number of anilines is 1. The van der Waals surface area contributed by atoms with E-state index in [1.165, 1.54) is 4.90 Å². The number of carboxylic acid groups (broad SMARTS) is 1. The number of ether oxygens (including phenoxy) is 2. The van der Waals surface area contributed by atoms with Gasteiger partial charge in [-0.05, 0) is 41.8 Å². The molecule has 1 amide bonds. The highest BCUT2D eigenvalue weighted by molar-refractivity contribution is 7.99. The zero-order valence-electron chi connectivity index (χ0n) is 20.4. The number of aliphatic hydroxyl groups is 1. The number of carboxylic acids is 1. The van der Waals surface area contributed by atoms with Gasteiger partial charge in [-0.1, -0.05) is 54.6 Å². The third kappa shape index (κ3) is 8.16. The van der Waals surface area contributed by atoms with E-state index in [4.69, 9.17) is 14.6 Å². The molecule has 0 aromatic heterocycles. The molecule has 7 nitrogen and oxygen atoms in total. The van der Waals surface area contributed by atoms with Crippen LogP contribution in [0.15, 0.2) is 83.8 Å². The van der Waals surface area contributed by atoms with E-state index in [-0.39, 0.29) is 44.0 Å². The molecule has 194 valence electrons. The first kappa shape index (κ1) is 26.9. The molecular formula is C29H31NO6S. The van der Waals surface area contributed by atoms with Crippen molar-refractivity contribution >= 4 is 29.3 Å². The molecule has 0 aliphatic carbocycles. The fraction of sp³-hybridized carbons (Fsp3) is 0.310. The highest BCUT2D eigenvalue weighted by Gasteiger charge is 2.32. The average Bonchev–Trinajstić information content (AvgIpc) is 2.92. The van der Waals surface area contributed by atoms with Gasteiger partial charge < -0.3 is 25.0 Å². The molecule has 0 saturated carbocycles. The van der Waals surface area contributed by atoms with E-state index in [9.17, 15) is 14.7 Å². The van der Waals surface area contributed by atoms with Gasteiger partial charge in [0.2, 0.25) is 5.91 Å². The summed E-state index contributed by atoms with van der Waals surface area (Å²) >= 11 is 1.74. The van der Waals surface area contributed by atoms with Crippen molar-refractivity contribution in [2.75, 3.05) is 11.1 Å². The SMILES string of the molecule is O=C(O)CCCC(=O)Nc1cccc([C@H]2O[C@@H](CSc3ccccc3)C[C@@H](c3ccc(CO)cc3)O2)c1. The van der Waals surface area contributed by atoms with Crippen molar-refractivity contribution in [3.05, 3.63) is 95.6 Å². The number of aliphatic carboxylic acids is 1. The van der Waals surface area contributed by atoms with Crippen molar-refractivity contribution in [2.24, 2.45) is 0 Å². The van der Waals surface area contributed by atoms with Gasteiger partial charge in [-0.3, -0.25) is 9.59 Å². The third-order valence-corrected chi connectivity index (χ3v) is 7.18. The minimum atomic E-state index is -0.915. The van der Waals surface area contributed by atoms with Crippen LogP contribution in [0.3, 0.4) is 0 Å². The summed E-state index contributed by atoms with van der Waals surface area (Å²) in [7, 11) is 0. The highest BCUT2D eigenvalue weighted by Crippen LogP contribution is 2.39. The van der Waals surface area contributed by atoms with Gasteiger partial charge in [-0.2, -0.15) is 0 Å². The molecule has 8 heteroatoms. The fourth-order valence-corrected chi connectivity index (χ4v) is 5.06. The van der Waals surface area contributed by atoms with Gasteiger partial charge in [0, 0.05) is 41.2 Å². The number of hydrogen-bond acceptors (Lipinski definition) is 6. The first-order valence-corrected chi connectivity index (χ1v) is 13.3. The van der Waals surface area contributed by atoms with Gasteiger partial charge in [0.15, 0.2) is 6.29 Å². The summed E-state index contributed by atoms with van der Waals surface area (Å²) < 4.78 is 12.8. The van der Waals surface area contributed by atoms with Crippen LogP contribution in [0.2, 0.25) is 0 Å². The Hall–Kier alpha value is -3.17. The summed E-state index contributed by atoms with van der Waals surface area (Å²) in [5.74, 6) is -0.389. The minimum absolute atomic E-state index is 0.0112. The molecule has 0 radical (unpaired) electrons. The zero-order chi connectivity index (χ0) is 26.0. The molecule has 1 aliphatic heterocycles. The van der Waals surface area contributed by atoms with Crippen molar-refractivity contribution < 1.29 is 29.3 Å². The molecule has 37 heavy (non-hydrogen) atoms. The van der Waals surface area contributed by atoms with E-state index in [2.05, 4.69) is 17.4 Å². The number of carbonyl (C=O) groups is 2. The Bertz CT molecular complexity index is 1170. The van der Waals surface area contributed by atoms with E-state index < -0.39 is 12.3 Å². The quantitative estimate of drug-likeness (QED) is 0.278. The Labute approximate surface area is 220 Å². The largest absolute Gasteiger partial charge is 0.481 e. The molecule has 0 unspecified atom stereocenters. The number of amides is 1. The standard InChI is InChI=1S/C29H31NO6S/c31-18-20-12-14-21(15-13-20)26-17-24(19-37-25-8-2-1-3-9-25)35-29(36-26)22-6-4-7-23(16-22)30-27(32)10-5-11-28(33)34/h1-4,6-9,12-16,24,26,29,31H,5,10-11,17-19H2,(H,30,32)(H,33,34)/t24-,26+,29+/m1/s1. The van der Waals surface area contributed by atoms with E-state index in [0.717, 1.165) is 22.4 Å². The monoisotopic (exact) mass is 521 g/mol. The summed E-state index contributed by atoms with van der Waals surface area (Å²) in [6, 6.07) is 25.3. The Morgan fingerprint density at radius 2 is 1.70 bits per heavy atom. The van der Waals surface area contributed by atoms with Crippen LogP contribution in [-0.4, -0.2) is 33.9 Å². The summed E-state index contributed by atoms with van der Waals surface area (Å²) in [4.78, 5) is 24.1. The lowest BCUT2D eigenvalue weighted by molar-refractivity contribution is -0.245. The van der Waals surface area contributed by atoms with Crippen molar-refractivity contribution in [1.29, 1.82) is 0 Å². The van der Waals surface area contributed by atoms with Gasteiger partial charge in [0.25, 0.3) is 0 Å². The zero-order valence-corrected chi connectivity index (χ0v) is 21.2. The Morgan fingerprint density at radius 1 is 0.919 bits per heavy atom. The van der Waals surface area contributed by atoms with Crippen molar-refractivity contribution in [2.45, 2.75) is 55.7 Å². The van der Waals surface area contributed by atoms with Gasteiger partial charge >= 0.3 is 5.97 Å². The van der Waals surface area contributed by atoms with E-state index >= 15 is 0 Å². The molecule has 1 fully saturated rings. The van der Waals surface area contributed by atoms with Crippen LogP contribution in [-0.2, 0) is 25.7 Å². The van der Waals surface area contributed by atoms with Gasteiger partial charge in [-0.25, -0.2) is 0 Å². The Balaban J connectivity index is 1.48. The van der Waals surface area contributed by atoms with E-state index in [0.29, 0.717) is 12.1 Å². The fourth-order valence-electron chi connectivity index (χ4n) is 4.12. The van der Waals surface area contributed by atoms with Crippen LogP contribution in [0.1, 0.15) is 54.8 Å². The van der Waals surface area contributed by atoms with Crippen molar-refractivity contribution in [3.8, 4) is 0 Å². The minimum Gasteiger partial charge on any atom is -0.481 e. The normalized spacial score (nSPS) is 19.3. The Kier molecular flexibility index (Phi) is 9.73. The number of aliphatic hydroxyl groups excluding tert-OH is 1. The summed E-state index contributed by atoms with van der Waals surface area (Å²) in [6.07, 6.45) is 0.185. The average molecular weight is 522 g/mol. The molecule has 1 saturated heterocycles. The van der Waals surface area contributed by atoms with Crippen LogP contribution >= 0.6 is 11.8 Å². The van der Waals surface area contributed by atoms with Gasteiger partial charge in [0.1, 0.15) is 0 Å². The highest BCUT2D eigenvalue weighted by atomic mass is 32.2. The predicted molar refractivity (Wildman–Crippen MR) is 142 cm³/mol. The number of hydrogen-bond donors (Lipinski definition) is 3. The lowest BCUT2D eigenvalue weighted by atomic mass is 10.0. The molecule has 0 bridgehead atoms. The maximum absolute atomic E-state index is 12.3. The second-order valence-electron chi connectivity index (χ2n) is 8.90. The second kappa shape index (κ2) is 13.4. The smallest absolute Gasteiger partial charge is 0.303 e. The predicted octanol–water partition coefficient (Wildman–Crippen LogP) is 5.71. The summed E-state index contributed by atoms with van der Waals surface area (Å²) in [5, 5.41) is 21.0. The molecule has 4 rings (SSSR count). The first-order valence-electron chi connectivity index (χ1n) is 12.3. The van der Waals surface area contributed by atoms with Crippen LogP contribution in [0.4, 0.5) is 5.69 Å². The van der Waals surface area contributed by atoms with Crippen LogP contribution in [0.5, 0.6) is 0 Å². The van der Waals surface area contributed by atoms with E-state index in [1.54, 1.807) is 17.8 Å². The lowest BCUT2D eigenvalue weighted by Crippen LogP contribution is -2.31. The topological polar surface area (TPSA) is 105 Å². The van der Waals surface area contributed by atoms with Crippen LogP contribution < -0.4 is 5.32 Å². The summed E-state index contributed by atoms with van der Waals surface area (Å²) in [5.41, 5.74) is 3.25. The summed E-state index contributed by atoms with van der Waals surface area (Å²) in [6.45, 7) is -0.0112. The molecule has 0 spiro atoms. The number of thioether (sulfide) groups is 1. The van der Waals surface area contributed by atoms with E-state index in [1.807, 2.05) is 60.7 Å². The van der Waals surface area contributed by atoms with Gasteiger partial charge in [-0.15, -0.1) is 11.8 Å². The first-order chi connectivity index (χ1) is 18.0. The number of carbonyl (C=O) groups excluding carboxylic acids is 1. The molecule has 1 aliphatic rings. The number of rotatable bonds is 11. The molecule has 3 aromatic rings. The van der Waals surface area contributed by atoms with Crippen LogP contribution in [0, 0.1) is 0 Å². The maximum atomic E-state index is 12.3. The van der Waals surface area contributed by atoms with Crippen molar-refractivity contribution in [1.82, 2.24) is 0 Å². The molecule has 1 heterocycles. The van der Waals surface area contributed by atoms with Crippen LogP contribution in [0.25, 0.3) is 0 Å². The maximum Gasteiger partial charge on any atom is 0.303 e. The molecular weight excluding hydrogens is 490 g/mol. The Morgan fingerprint density at radius 3 is 2.43 bits per heavy atom. The number of nitrogens with one attached hydrogen (secondary N) is 1.